The van der Waals surface area contributed by atoms with Crippen LogP contribution in [0.1, 0.15) is 26.3 Å². The average molecular weight is 499 g/mol. The van der Waals surface area contributed by atoms with E-state index in [0.717, 1.165) is 22.1 Å². The molecular formula is C29H26N2O6. The summed E-state index contributed by atoms with van der Waals surface area (Å²) in [6.07, 6.45) is -0.753. The molecule has 2 N–H and O–H groups in total. The Bertz CT molecular complexity index is 1400. The predicted molar refractivity (Wildman–Crippen MR) is 139 cm³/mol. The zero-order valence-electron chi connectivity index (χ0n) is 20.2. The SMILES string of the molecule is COc1ccc2cc(C(=O)NCCNC(=O)Oc3ccccc3C(=O)OCc3ccccc3)ccc2c1. The molecule has 0 radical (unpaired) electrons. The van der Waals surface area contributed by atoms with E-state index in [-0.39, 0.29) is 36.9 Å². The molecular weight excluding hydrogens is 472 g/mol. The Kier molecular flexibility index (Phi) is 8.33. The van der Waals surface area contributed by atoms with Crippen molar-refractivity contribution in [2.75, 3.05) is 20.2 Å². The van der Waals surface area contributed by atoms with Crippen molar-refractivity contribution in [2.24, 2.45) is 0 Å². The summed E-state index contributed by atoms with van der Waals surface area (Å²) in [5.41, 5.74) is 1.48. The van der Waals surface area contributed by atoms with Crippen LogP contribution in [0.5, 0.6) is 11.5 Å². The molecule has 0 aliphatic carbocycles. The molecule has 0 bridgehead atoms. The fourth-order valence-corrected chi connectivity index (χ4v) is 3.60. The minimum Gasteiger partial charge on any atom is -0.497 e. The fourth-order valence-electron chi connectivity index (χ4n) is 3.60. The Morgan fingerprint density at radius 2 is 1.46 bits per heavy atom. The summed E-state index contributed by atoms with van der Waals surface area (Å²) in [7, 11) is 1.60. The molecule has 0 aliphatic heterocycles. The highest BCUT2D eigenvalue weighted by molar-refractivity contribution is 5.98. The van der Waals surface area contributed by atoms with Crippen molar-refractivity contribution in [3.8, 4) is 11.5 Å². The number of hydrogen-bond acceptors (Lipinski definition) is 6. The van der Waals surface area contributed by atoms with Crippen LogP contribution in [-0.4, -0.2) is 38.2 Å². The van der Waals surface area contributed by atoms with Crippen LogP contribution in [0.3, 0.4) is 0 Å². The van der Waals surface area contributed by atoms with Crippen molar-refractivity contribution in [1.82, 2.24) is 10.6 Å². The molecule has 8 heteroatoms. The lowest BCUT2D eigenvalue weighted by molar-refractivity contribution is 0.0469. The monoisotopic (exact) mass is 498 g/mol. The number of rotatable bonds is 9. The molecule has 188 valence electrons. The van der Waals surface area contributed by atoms with E-state index < -0.39 is 12.1 Å². The zero-order valence-corrected chi connectivity index (χ0v) is 20.2. The van der Waals surface area contributed by atoms with Crippen molar-refractivity contribution in [3.63, 3.8) is 0 Å². The average Bonchev–Trinajstić information content (AvgIpc) is 2.94. The van der Waals surface area contributed by atoms with Crippen LogP contribution in [-0.2, 0) is 11.3 Å². The summed E-state index contributed by atoms with van der Waals surface area (Å²) in [5.74, 6) is -0.0445. The third-order valence-electron chi connectivity index (χ3n) is 5.51. The van der Waals surface area contributed by atoms with Gasteiger partial charge in [-0.3, -0.25) is 4.79 Å². The van der Waals surface area contributed by atoms with Gasteiger partial charge in [0.15, 0.2) is 0 Å². The second-order valence-corrected chi connectivity index (χ2v) is 8.06. The maximum atomic E-state index is 12.5. The summed E-state index contributed by atoms with van der Waals surface area (Å²) in [5, 5.41) is 7.20. The molecule has 4 aromatic rings. The van der Waals surface area contributed by atoms with Crippen molar-refractivity contribution in [3.05, 3.63) is 108 Å². The molecule has 0 heterocycles. The van der Waals surface area contributed by atoms with E-state index in [1.165, 1.54) is 12.1 Å². The van der Waals surface area contributed by atoms with Gasteiger partial charge in [0.2, 0.25) is 0 Å². The minimum absolute atomic E-state index is 0.0786. The topological polar surface area (TPSA) is 103 Å². The summed E-state index contributed by atoms with van der Waals surface area (Å²) >= 11 is 0. The van der Waals surface area contributed by atoms with E-state index in [2.05, 4.69) is 10.6 Å². The largest absolute Gasteiger partial charge is 0.497 e. The van der Waals surface area contributed by atoms with E-state index in [0.29, 0.717) is 5.56 Å². The molecule has 0 unspecified atom stereocenters. The van der Waals surface area contributed by atoms with E-state index >= 15 is 0 Å². The lowest BCUT2D eigenvalue weighted by Gasteiger charge is -2.11. The molecule has 2 amide bonds. The van der Waals surface area contributed by atoms with Gasteiger partial charge in [-0.15, -0.1) is 0 Å². The first-order valence-electron chi connectivity index (χ1n) is 11.7. The number of carbonyl (C=O) groups excluding carboxylic acids is 3. The summed E-state index contributed by atoms with van der Waals surface area (Å²) in [6.45, 7) is 0.427. The van der Waals surface area contributed by atoms with Gasteiger partial charge in [-0.1, -0.05) is 54.6 Å². The van der Waals surface area contributed by atoms with Gasteiger partial charge in [0.25, 0.3) is 5.91 Å². The van der Waals surface area contributed by atoms with Gasteiger partial charge in [0.1, 0.15) is 23.7 Å². The highest BCUT2D eigenvalue weighted by Gasteiger charge is 2.16. The third-order valence-corrected chi connectivity index (χ3v) is 5.51. The number of methoxy groups -OCH3 is 1. The van der Waals surface area contributed by atoms with Crippen molar-refractivity contribution >= 4 is 28.7 Å². The molecule has 0 spiro atoms. The van der Waals surface area contributed by atoms with Crippen LogP contribution in [0.2, 0.25) is 0 Å². The summed E-state index contributed by atoms with van der Waals surface area (Å²) in [6, 6.07) is 26.6. The summed E-state index contributed by atoms with van der Waals surface area (Å²) < 4.78 is 15.9. The van der Waals surface area contributed by atoms with Gasteiger partial charge in [0, 0.05) is 18.7 Å². The van der Waals surface area contributed by atoms with Gasteiger partial charge >= 0.3 is 12.1 Å². The second-order valence-electron chi connectivity index (χ2n) is 8.06. The Balaban J connectivity index is 1.25. The Hall–Kier alpha value is -4.85. The first-order chi connectivity index (χ1) is 18.0. The quantitative estimate of drug-likeness (QED) is 0.256. The first-order valence-corrected chi connectivity index (χ1v) is 11.7. The zero-order chi connectivity index (χ0) is 26.0. The molecule has 0 saturated carbocycles. The number of amides is 2. The molecule has 8 nitrogen and oxygen atoms in total. The van der Waals surface area contributed by atoms with Gasteiger partial charge in [-0.25, -0.2) is 9.59 Å². The number of fused-ring (bicyclic) bond motifs is 1. The maximum Gasteiger partial charge on any atom is 0.412 e. The third kappa shape index (κ3) is 6.85. The van der Waals surface area contributed by atoms with E-state index in [9.17, 15) is 14.4 Å². The van der Waals surface area contributed by atoms with E-state index in [1.807, 2.05) is 54.6 Å². The van der Waals surface area contributed by atoms with Crippen molar-refractivity contribution in [1.29, 1.82) is 0 Å². The maximum absolute atomic E-state index is 12.5. The smallest absolute Gasteiger partial charge is 0.412 e. The molecule has 37 heavy (non-hydrogen) atoms. The number of carbonyl (C=O) groups is 3. The molecule has 0 aliphatic rings. The van der Waals surface area contributed by atoms with Crippen LogP contribution < -0.4 is 20.1 Å². The van der Waals surface area contributed by atoms with Crippen LogP contribution in [0.15, 0.2) is 91.0 Å². The van der Waals surface area contributed by atoms with E-state index in [4.69, 9.17) is 14.2 Å². The Morgan fingerprint density at radius 1 is 0.757 bits per heavy atom. The Labute approximate surface area is 214 Å². The number of benzene rings is 4. The van der Waals surface area contributed by atoms with Gasteiger partial charge in [-0.2, -0.15) is 0 Å². The van der Waals surface area contributed by atoms with E-state index in [1.54, 1.807) is 31.4 Å². The van der Waals surface area contributed by atoms with Gasteiger partial charge < -0.3 is 24.8 Å². The van der Waals surface area contributed by atoms with Crippen LogP contribution in [0.4, 0.5) is 4.79 Å². The fraction of sp³-hybridized carbons (Fsp3) is 0.138. The summed E-state index contributed by atoms with van der Waals surface area (Å²) in [4.78, 5) is 37.3. The van der Waals surface area contributed by atoms with Gasteiger partial charge in [-0.05, 0) is 52.7 Å². The van der Waals surface area contributed by atoms with Crippen molar-refractivity contribution in [2.45, 2.75) is 6.61 Å². The normalized spacial score (nSPS) is 10.4. The van der Waals surface area contributed by atoms with Gasteiger partial charge in [0.05, 0.1) is 7.11 Å². The highest BCUT2D eigenvalue weighted by atomic mass is 16.6. The number of nitrogens with one attached hydrogen (secondary N) is 2. The van der Waals surface area contributed by atoms with Crippen LogP contribution in [0, 0.1) is 0 Å². The number of para-hydroxylation sites is 1. The molecule has 0 fully saturated rings. The van der Waals surface area contributed by atoms with Crippen LogP contribution >= 0.6 is 0 Å². The molecule has 0 atom stereocenters. The number of esters is 1. The number of ether oxygens (including phenoxy) is 3. The molecule has 4 aromatic carbocycles. The molecule has 0 aromatic heterocycles. The molecule has 4 rings (SSSR count). The van der Waals surface area contributed by atoms with Crippen molar-refractivity contribution < 1.29 is 28.6 Å². The Morgan fingerprint density at radius 3 is 2.27 bits per heavy atom. The standard InChI is InChI=1S/C29H26N2O6/c1-35-24-14-13-21-17-23(12-11-22(21)18-24)27(32)30-15-16-31-29(34)37-26-10-6-5-9-25(26)28(33)36-19-20-7-3-2-4-8-20/h2-14,17-18H,15-16,19H2,1H3,(H,30,32)(H,31,34). The number of hydrogen-bond donors (Lipinski definition) is 2. The minimum atomic E-state index is -0.753. The predicted octanol–water partition coefficient (Wildman–Crippen LogP) is 4.72. The highest BCUT2D eigenvalue weighted by Crippen LogP contribution is 2.22. The lowest BCUT2D eigenvalue weighted by atomic mass is 10.1. The molecule has 0 saturated heterocycles. The lowest BCUT2D eigenvalue weighted by Crippen LogP contribution is -2.36. The van der Waals surface area contributed by atoms with Crippen LogP contribution in [0.25, 0.3) is 10.8 Å². The second kappa shape index (κ2) is 12.2. The first kappa shape index (κ1) is 25.2.